The third-order valence-corrected chi connectivity index (χ3v) is 3.06. The molecular formula is C13H14ClF3N2O3. The largest absolute Gasteiger partial charge is 0.432 e. The van der Waals surface area contributed by atoms with E-state index in [0.717, 1.165) is 7.05 Å². The molecular weight excluding hydrogens is 325 g/mol. The Balaban J connectivity index is 3.50. The van der Waals surface area contributed by atoms with Crippen molar-refractivity contribution in [1.29, 1.82) is 0 Å². The standard InChI is InChI=1S/C13H14ClF3N2O3/c1-12(2,3)18-11(22)9(21)7-8(14)6(5-20)19(4)10(7)13(15,16)17/h5H,1-4H3,(H,18,22). The molecule has 1 heterocycles. The maximum Gasteiger partial charge on any atom is 0.432 e. The number of alkyl halides is 3. The van der Waals surface area contributed by atoms with Gasteiger partial charge in [0.15, 0.2) is 6.29 Å². The summed E-state index contributed by atoms with van der Waals surface area (Å²) in [5, 5.41) is 1.56. The second-order valence-electron chi connectivity index (χ2n) is 5.63. The molecule has 122 valence electrons. The lowest BCUT2D eigenvalue weighted by Crippen LogP contribution is -2.44. The van der Waals surface area contributed by atoms with Crippen LogP contribution in [0.15, 0.2) is 0 Å². The number of carbonyl (C=O) groups excluding carboxylic acids is 3. The van der Waals surface area contributed by atoms with E-state index in [1.165, 1.54) is 0 Å². The van der Waals surface area contributed by atoms with E-state index in [1.807, 2.05) is 0 Å². The average molecular weight is 339 g/mol. The summed E-state index contributed by atoms with van der Waals surface area (Å²) in [6.07, 6.45) is -4.86. The van der Waals surface area contributed by atoms with Crippen LogP contribution >= 0.6 is 11.6 Å². The van der Waals surface area contributed by atoms with E-state index in [2.05, 4.69) is 5.32 Å². The van der Waals surface area contributed by atoms with Gasteiger partial charge in [-0.25, -0.2) is 0 Å². The summed E-state index contributed by atoms with van der Waals surface area (Å²) in [7, 11) is 0.941. The lowest BCUT2D eigenvalue weighted by atomic mass is 10.1. The number of nitrogens with zero attached hydrogens (tertiary/aromatic N) is 1. The Bertz CT molecular complexity index is 642. The van der Waals surface area contributed by atoms with Crippen molar-refractivity contribution in [3.8, 4) is 0 Å². The summed E-state index contributed by atoms with van der Waals surface area (Å²) >= 11 is 5.70. The van der Waals surface area contributed by atoms with Crippen LogP contribution in [-0.4, -0.2) is 28.1 Å². The number of Topliss-reactive ketones (excluding diaryl/α,β-unsaturated/α-hetero) is 1. The minimum atomic E-state index is -4.95. The molecule has 0 saturated heterocycles. The van der Waals surface area contributed by atoms with Crippen molar-refractivity contribution in [3.63, 3.8) is 0 Å². The number of rotatable bonds is 3. The highest BCUT2D eigenvalue weighted by Crippen LogP contribution is 2.38. The van der Waals surface area contributed by atoms with Gasteiger partial charge in [-0.3, -0.25) is 14.4 Å². The van der Waals surface area contributed by atoms with Gasteiger partial charge in [-0.1, -0.05) is 11.6 Å². The normalized spacial score (nSPS) is 12.2. The third kappa shape index (κ3) is 3.49. The monoisotopic (exact) mass is 338 g/mol. The van der Waals surface area contributed by atoms with Gasteiger partial charge in [-0.15, -0.1) is 0 Å². The fraction of sp³-hybridized carbons (Fsp3) is 0.462. The average Bonchev–Trinajstić information content (AvgIpc) is 2.56. The first-order chi connectivity index (χ1) is 9.81. The van der Waals surface area contributed by atoms with Crippen molar-refractivity contribution >= 4 is 29.6 Å². The van der Waals surface area contributed by atoms with Gasteiger partial charge in [-0.2, -0.15) is 13.2 Å². The summed E-state index contributed by atoms with van der Waals surface area (Å²) < 4.78 is 39.8. The number of nitrogens with one attached hydrogen (secondary N) is 1. The van der Waals surface area contributed by atoms with Gasteiger partial charge in [0.05, 0.1) is 10.6 Å². The molecule has 0 fully saturated rings. The van der Waals surface area contributed by atoms with Crippen LogP contribution in [0, 0.1) is 0 Å². The van der Waals surface area contributed by atoms with Crippen molar-refractivity contribution in [2.45, 2.75) is 32.5 Å². The van der Waals surface area contributed by atoms with Gasteiger partial charge in [0.25, 0.3) is 11.7 Å². The summed E-state index contributed by atoms with van der Waals surface area (Å²) in [6.45, 7) is 4.69. The third-order valence-electron chi connectivity index (χ3n) is 2.68. The van der Waals surface area contributed by atoms with Crippen LogP contribution in [0.2, 0.25) is 5.02 Å². The highest BCUT2D eigenvalue weighted by Gasteiger charge is 2.43. The SMILES string of the molecule is Cn1c(C=O)c(Cl)c(C(=O)C(=O)NC(C)(C)C)c1C(F)(F)F. The first-order valence-electron chi connectivity index (χ1n) is 6.08. The van der Waals surface area contributed by atoms with E-state index >= 15 is 0 Å². The van der Waals surface area contributed by atoms with Gasteiger partial charge >= 0.3 is 6.18 Å². The molecule has 0 aromatic carbocycles. The summed E-state index contributed by atoms with van der Waals surface area (Å²) in [4.78, 5) is 34.8. The minimum absolute atomic E-state index is 0.0933. The van der Waals surface area contributed by atoms with E-state index in [9.17, 15) is 27.6 Å². The lowest BCUT2D eigenvalue weighted by molar-refractivity contribution is -0.143. The number of hydrogen-bond acceptors (Lipinski definition) is 3. The van der Waals surface area contributed by atoms with Gasteiger partial charge in [0, 0.05) is 12.6 Å². The number of amides is 1. The predicted octanol–water partition coefficient (Wildman–Crippen LogP) is 2.61. The predicted molar refractivity (Wildman–Crippen MR) is 73.0 cm³/mol. The molecule has 0 aliphatic heterocycles. The second kappa shape index (κ2) is 5.75. The molecule has 1 aromatic heterocycles. The zero-order valence-electron chi connectivity index (χ0n) is 12.3. The summed E-state index contributed by atoms with van der Waals surface area (Å²) in [5.41, 5.74) is -3.81. The molecule has 5 nitrogen and oxygen atoms in total. The van der Waals surface area contributed by atoms with Crippen molar-refractivity contribution in [2.24, 2.45) is 7.05 Å². The number of aldehydes is 1. The number of ketones is 1. The molecule has 0 radical (unpaired) electrons. The maximum absolute atomic E-state index is 13.1. The number of hydrogen-bond donors (Lipinski definition) is 1. The molecule has 0 aliphatic rings. The summed E-state index contributed by atoms with van der Waals surface area (Å²) in [6, 6.07) is 0. The van der Waals surface area contributed by atoms with E-state index in [4.69, 9.17) is 11.6 Å². The second-order valence-corrected chi connectivity index (χ2v) is 6.01. The van der Waals surface area contributed by atoms with Crippen molar-refractivity contribution in [2.75, 3.05) is 0 Å². The molecule has 0 spiro atoms. The number of halogens is 4. The molecule has 1 aromatic rings. The van der Waals surface area contributed by atoms with Gasteiger partial charge < -0.3 is 9.88 Å². The van der Waals surface area contributed by atoms with Crippen LogP contribution in [0.1, 0.15) is 47.3 Å². The quantitative estimate of drug-likeness (QED) is 0.523. The molecule has 1 amide bonds. The highest BCUT2D eigenvalue weighted by molar-refractivity contribution is 6.48. The molecule has 1 N–H and O–H groups in total. The summed E-state index contributed by atoms with van der Waals surface area (Å²) in [5.74, 6) is -2.68. The van der Waals surface area contributed by atoms with Gasteiger partial charge in [0.2, 0.25) is 0 Å². The Hall–Kier alpha value is -1.83. The van der Waals surface area contributed by atoms with Crippen LogP contribution in [-0.2, 0) is 18.0 Å². The Morgan fingerprint density at radius 2 is 1.73 bits per heavy atom. The van der Waals surface area contributed by atoms with Crippen molar-refractivity contribution in [1.82, 2.24) is 9.88 Å². The van der Waals surface area contributed by atoms with E-state index in [-0.39, 0.29) is 6.29 Å². The van der Waals surface area contributed by atoms with Crippen LogP contribution in [0.5, 0.6) is 0 Å². The minimum Gasteiger partial charge on any atom is -0.345 e. The first kappa shape index (κ1) is 18.2. The lowest BCUT2D eigenvalue weighted by Gasteiger charge is -2.20. The molecule has 9 heteroatoms. The Labute approximate surface area is 129 Å². The highest BCUT2D eigenvalue weighted by atomic mass is 35.5. The van der Waals surface area contributed by atoms with Crippen molar-refractivity contribution in [3.05, 3.63) is 22.0 Å². The van der Waals surface area contributed by atoms with Crippen molar-refractivity contribution < 1.29 is 27.6 Å². The van der Waals surface area contributed by atoms with E-state index < -0.39 is 45.4 Å². The fourth-order valence-corrected chi connectivity index (χ4v) is 2.19. The zero-order chi connectivity index (χ0) is 17.5. The zero-order valence-corrected chi connectivity index (χ0v) is 13.0. The topological polar surface area (TPSA) is 68.2 Å². The fourth-order valence-electron chi connectivity index (χ4n) is 1.85. The van der Waals surface area contributed by atoms with E-state index in [1.54, 1.807) is 20.8 Å². The smallest absolute Gasteiger partial charge is 0.345 e. The molecule has 0 aliphatic carbocycles. The number of aromatic nitrogens is 1. The Kier molecular flexibility index (Phi) is 4.76. The first-order valence-corrected chi connectivity index (χ1v) is 6.46. The van der Waals surface area contributed by atoms with Crippen LogP contribution < -0.4 is 5.32 Å². The molecule has 22 heavy (non-hydrogen) atoms. The van der Waals surface area contributed by atoms with Gasteiger partial charge in [0.1, 0.15) is 11.4 Å². The van der Waals surface area contributed by atoms with Gasteiger partial charge in [-0.05, 0) is 20.8 Å². The molecule has 0 atom stereocenters. The van der Waals surface area contributed by atoms with Crippen LogP contribution in [0.3, 0.4) is 0 Å². The Morgan fingerprint density at radius 1 is 1.23 bits per heavy atom. The number of carbonyl (C=O) groups is 3. The molecule has 0 unspecified atom stereocenters. The molecule has 0 saturated carbocycles. The van der Waals surface area contributed by atoms with Crippen LogP contribution in [0.4, 0.5) is 13.2 Å². The van der Waals surface area contributed by atoms with Crippen LogP contribution in [0.25, 0.3) is 0 Å². The maximum atomic E-state index is 13.1. The van der Waals surface area contributed by atoms with E-state index in [0.29, 0.717) is 4.57 Å². The molecule has 0 bridgehead atoms. The Morgan fingerprint density at radius 3 is 2.09 bits per heavy atom. The molecule has 1 rings (SSSR count).